The number of rotatable bonds is 6. The summed E-state index contributed by atoms with van der Waals surface area (Å²) in [5.74, 6) is -2.21. The van der Waals surface area contributed by atoms with E-state index in [0.29, 0.717) is 17.9 Å². The number of aliphatic hydroxyl groups is 1. The number of aryl methyl sites for hydroxylation is 1. The van der Waals surface area contributed by atoms with E-state index >= 15 is 0 Å². The average Bonchev–Trinajstić information content (AvgIpc) is 3.50. The maximum atomic E-state index is 14.9. The second kappa shape index (κ2) is 9.75. The van der Waals surface area contributed by atoms with Crippen molar-refractivity contribution in [2.24, 2.45) is 0 Å². The molecule has 1 fully saturated rings. The van der Waals surface area contributed by atoms with Gasteiger partial charge < -0.3 is 9.84 Å². The first-order valence-electron chi connectivity index (χ1n) is 11.2. The monoisotopic (exact) mass is 500 g/mol. The van der Waals surface area contributed by atoms with Gasteiger partial charge in [-0.2, -0.15) is 0 Å². The number of halogens is 1. The van der Waals surface area contributed by atoms with Crippen molar-refractivity contribution in [2.45, 2.75) is 19.6 Å². The van der Waals surface area contributed by atoms with Crippen molar-refractivity contribution in [1.29, 1.82) is 0 Å². The van der Waals surface area contributed by atoms with Gasteiger partial charge in [0.25, 0.3) is 5.78 Å². The number of thiazole rings is 1. The number of hydrogen-bond acceptors (Lipinski definition) is 6. The molecule has 1 aliphatic heterocycles. The zero-order valence-corrected chi connectivity index (χ0v) is 20.0. The summed E-state index contributed by atoms with van der Waals surface area (Å²) in [7, 11) is 0. The number of benzene rings is 3. The number of carbonyl (C=O) groups is 2. The van der Waals surface area contributed by atoms with Gasteiger partial charge in [0.2, 0.25) is 0 Å². The Balaban J connectivity index is 1.50. The van der Waals surface area contributed by atoms with Gasteiger partial charge in [0.1, 0.15) is 30.0 Å². The van der Waals surface area contributed by atoms with Gasteiger partial charge in [-0.1, -0.05) is 48.0 Å². The molecule has 5 rings (SSSR count). The molecule has 1 aliphatic rings. The fraction of sp³-hybridized carbons (Fsp3) is 0.107. The Morgan fingerprint density at radius 2 is 1.86 bits per heavy atom. The van der Waals surface area contributed by atoms with Crippen molar-refractivity contribution in [2.75, 3.05) is 4.90 Å². The maximum absolute atomic E-state index is 14.9. The van der Waals surface area contributed by atoms with Gasteiger partial charge in [-0.15, -0.1) is 11.3 Å². The number of anilines is 1. The molecule has 1 aromatic heterocycles. The summed E-state index contributed by atoms with van der Waals surface area (Å²) in [6.07, 6.45) is 1.49. The van der Waals surface area contributed by atoms with Crippen LogP contribution in [-0.2, 0) is 16.2 Å². The molecule has 1 amide bonds. The van der Waals surface area contributed by atoms with Gasteiger partial charge >= 0.3 is 5.91 Å². The Morgan fingerprint density at radius 1 is 1.08 bits per heavy atom. The maximum Gasteiger partial charge on any atom is 0.301 e. The van der Waals surface area contributed by atoms with Crippen molar-refractivity contribution in [3.63, 3.8) is 0 Å². The van der Waals surface area contributed by atoms with Crippen LogP contribution in [0.3, 0.4) is 0 Å². The standard InChI is InChI=1S/C28H21FN2O4S/c1-17-5-4-6-18(15-17)16-35-20-11-9-19(10-12-20)25(32)23-24(21-7-2-3-8-22(21)29)31(27(34)26(23)33)28-30-13-14-36-28/h2-15,24,32H,16H2,1H3/b25-23+/t24-/m0/s1. The molecule has 0 spiro atoms. The Bertz CT molecular complexity index is 1470. The van der Waals surface area contributed by atoms with E-state index in [1.54, 1.807) is 35.7 Å². The van der Waals surface area contributed by atoms with E-state index in [1.165, 1.54) is 24.4 Å². The summed E-state index contributed by atoms with van der Waals surface area (Å²) in [4.78, 5) is 31.4. The highest BCUT2D eigenvalue weighted by Gasteiger charge is 2.48. The number of aliphatic hydroxyl groups excluding tert-OH is 1. The third kappa shape index (κ3) is 4.38. The number of nitrogens with zero attached hydrogens (tertiary/aromatic N) is 2. The third-order valence-corrected chi connectivity index (χ3v) is 6.66. The summed E-state index contributed by atoms with van der Waals surface area (Å²) in [5, 5.41) is 13.1. The van der Waals surface area contributed by atoms with Gasteiger partial charge in [0, 0.05) is 22.7 Å². The molecule has 1 atom stereocenters. The van der Waals surface area contributed by atoms with Gasteiger partial charge in [-0.05, 0) is 42.8 Å². The normalized spacial score (nSPS) is 16.9. The van der Waals surface area contributed by atoms with Crippen LogP contribution >= 0.6 is 11.3 Å². The van der Waals surface area contributed by atoms with Crippen LogP contribution in [0.25, 0.3) is 5.76 Å². The molecule has 0 bridgehead atoms. The molecule has 0 radical (unpaired) electrons. The van der Waals surface area contributed by atoms with Gasteiger partial charge in [-0.25, -0.2) is 9.37 Å². The van der Waals surface area contributed by atoms with Crippen LogP contribution in [0, 0.1) is 12.7 Å². The van der Waals surface area contributed by atoms with Gasteiger partial charge in [0.05, 0.1) is 5.57 Å². The number of Topliss-reactive ketones (excluding diaryl/α,β-unsaturated/α-hetero) is 1. The highest BCUT2D eigenvalue weighted by molar-refractivity contribution is 7.14. The molecule has 2 heterocycles. The van der Waals surface area contributed by atoms with Gasteiger partial charge in [-0.3, -0.25) is 14.5 Å². The van der Waals surface area contributed by atoms with Gasteiger partial charge in [0.15, 0.2) is 5.13 Å². The lowest BCUT2D eigenvalue weighted by Gasteiger charge is -2.23. The van der Waals surface area contributed by atoms with Crippen LogP contribution in [0.15, 0.2) is 89.9 Å². The predicted octanol–water partition coefficient (Wildman–Crippen LogP) is 5.80. The van der Waals surface area contributed by atoms with Crippen molar-refractivity contribution in [1.82, 2.24) is 4.98 Å². The van der Waals surface area contributed by atoms with E-state index in [2.05, 4.69) is 4.98 Å². The molecule has 1 N–H and O–H groups in total. The Hall–Kier alpha value is -4.30. The SMILES string of the molecule is Cc1cccc(COc2ccc(/C(O)=C3\C(=O)C(=O)N(c4nccs4)[C@H]3c3ccccc3F)cc2)c1. The second-order valence-corrected chi connectivity index (χ2v) is 9.18. The summed E-state index contributed by atoms with van der Waals surface area (Å²) in [5.41, 5.74) is 2.35. The topological polar surface area (TPSA) is 79.7 Å². The number of hydrogen-bond donors (Lipinski definition) is 1. The molecule has 36 heavy (non-hydrogen) atoms. The smallest absolute Gasteiger partial charge is 0.301 e. The Kier molecular flexibility index (Phi) is 6.35. The van der Waals surface area contributed by atoms with Crippen LogP contribution in [0.4, 0.5) is 9.52 Å². The van der Waals surface area contributed by atoms with Crippen molar-refractivity contribution >= 4 is 33.9 Å². The molecule has 0 unspecified atom stereocenters. The minimum Gasteiger partial charge on any atom is -0.507 e. The minimum atomic E-state index is -1.16. The van der Waals surface area contributed by atoms with E-state index < -0.39 is 29.3 Å². The van der Waals surface area contributed by atoms with Crippen molar-refractivity contribution in [3.05, 3.63) is 118 Å². The highest BCUT2D eigenvalue weighted by Crippen LogP contribution is 2.43. The summed E-state index contributed by atoms with van der Waals surface area (Å²) < 4.78 is 20.7. The van der Waals surface area contributed by atoms with Crippen molar-refractivity contribution < 1.29 is 23.8 Å². The fourth-order valence-electron chi connectivity index (χ4n) is 4.19. The first-order valence-corrected chi connectivity index (χ1v) is 12.1. The molecule has 4 aromatic rings. The predicted molar refractivity (Wildman–Crippen MR) is 135 cm³/mol. The summed E-state index contributed by atoms with van der Waals surface area (Å²) in [6, 6.07) is 19.2. The largest absolute Gasteiger partial charge is 0.507 e. The Morgan fingerprint density at radius 3 is 2.56 bits per heavy atom. The first kappa shape index (κ1) is 23.4. The Labute approximate surface area is 210 Å². The van der Waals surface area contributed by atoms with E-state index in [-0.39, 0.29) is 16.3 Å². The zero-order valence-electron chi connectivity index (χ0n) is 19.2. The van der Waals surface area contributed by atoms with Crippen LogP contribution in [0.2, 0.25) is 0 Å². The summed E-state index contributed by atoms with van der Waals surface area (Å²) >= 11 is 1.14. The van der Waals surface area contributed by atoms with E-state index in [9.17, 15) is 19.1 Å². The highest BCUT2D eigenvalue weighted by atomic mass is 32.1. The van der Waals surface area contributed by atoms with Crippen LogP contribution in [0.5, 0.6) is 5.75 Å². The minimum absolute atomic E-state index is 0.0894. The van der Waals surface area contributed by atoms with Crippen molar-refractivity contribution in [3.8, 4) is 5.75 Å². The summed E-state index contributed by atoms with van der Waals surface area (Å²) in [6.45, 7) is 2.38. The van der Waals surface area contributed by atoms with E-state index in [1.807, 2.05) is 31.2 Å². The molecular weight excluding hydrogens is 479 g/mol. The quantitative estimate of drug-likeness (QED) is 0.206. The van der Waals surface area contributed by atoms with Crippen LogP contribution in [-0.4, -0.2) is 21.8 Å². The molecule has 6 nitrogen and oxygen atoms in total. The molecule has 8 heteroatoms. The first-order chi connectivity index (χ1) is 17.4. The lowest BCUT2D eigenvalue weighted by molar-refractivity contribution is -0.132. The van der Waals surface area contributed by atoms with E-state index in [4.69, 9.17) is 4.74 Å². The number of amides is 1. The second-order valence-electron chi connectivity index (χ2n) is 8.31. The lowest BCUT2D eigenvalue weighted by Crippen LogP contribution is -2.29. The number of carbonyl (C=O) groups excluding carboxylic acids is 2. The lowest BCUT2D eigenvalue weighted by atomic mass is 9.95. The molecule has 1 saturated heterocycles. The molecular formula is C28H21FN2O4S. The molecule has 180 valence electrons. The zero-order chi connectivity index (χ0) is 25.2. The number of ether oxygens (including phenoxy) is 1. The number of aromatic nitrogens is 1. The van der Waals surface area contributed by atoms with E-state index in [0.717, 1.165) is 27.4 Å². The molecule has 0 saturated carbocycles. The van der Waals surface area contributed by atoms with Crippen LogP contribution in [0.1, 0.15) is 28.3 Å². The molecule has 3 aromatic carbocycles. The van der Waals surface area contributed by atoms with Crippen LogP contribution < -0.4 is 9.64 Å². The third-order valence-electron chi connectivity index (χ3n) is 5.89. The fourth-order valence-corrected chi connectivity index (χ4v) is 4.86. The number of ketones is 1. The average molecular weight is 501 g/mol. The molecule has 0 aliphatic carbocycles.